The molecule has 1 heterocycles. The van der Waals surface area contributed by atoms with Gasteiger partial charge in [0.1, 0.15) is 6.04 Å². The molecule has 1 amide bonds. The number of carbonyl (C=O) groups is 1. The Kier molecular flexibility index (Phi) is 4.64. The van der Waals surface area contributed by atoms with Crippen molar-refractivity contribution in [1.82, 2.24) is 5.32 Å². The predicted molar refractivity (Wildman–Crippen MR) is 74.5 cm³/mol. The first-order valence-electron chi connectivity index (χ1n) is 6.11. The molecule has 0 aliphatic carbocycles. The summed E-state index contributed by atoms with van der Waals surface area (Å²) in [6.45, 7) is -0.215. The van der Waals surface area contributed by atoms with Crippen LogP contribution in [0.1, 0.15) is 22.0 Å². The van der Waals surface area contributed by atoms with E-state index >= 15 is 0 Å². The van der Waals surface area contributed by atoms with Gasteiger partial charge in [-0.2, -0.15) is 13.2 Å². The highest BCUT2D eigenvalue weighted by molar-refractivity contribution is 7.10. The molecule has 0 radical (unpaired) electrons. The van der Waals surface area contributed by atoms with E-state index in [1.165, 1.54) is 29.5 Å². The zero-order valence-corrected chi connectivity index (χ0v) is 11.7. The predicted octanol–water partition coefficient (Wildman–Crippen LogP) is 3.08. The molecule has 2 rings (SSSR count). The second-order valence-electron chi connectivity index (χ2n) is 4.37. The summed E-state index contributed by atoms with van der Waals surface area (Å²) in [4.78, 5) is 12.5. The van der Waals surface area contributed by atoms with Crippen LogP contribution in [-0.2, 0) is 17.5 Å². The fourth-order valence-corrected chi connectivity index (χ4v) is 2.57. The van der Waals surface area contributed by atoms with Crippen LogP contribution in [0.3, 0.4) is 0 Å². The Balaban J connectivity index is 2.05. The van der Waals surface area contributed by atoms with E-state index in [4.69, 9.17) is 5.73 Å². The normalized spacial score (nSPS) is 13.0. The minimum Gasteiger partial charge on any atom is -0.350 e. The fraction of sp³-hybridized carbons (Fsp3) is 0.214. The van der Waals surface area contributed by atoms with Gasteiger partial charge in [0.15, 0.2) is 0 Å². The number of rotatable bonds is 4. The third kappa shape index (κ3) is 3.83. The van der Waals surface area contributed by atoms with Crippen LogP contribution < -0.4 is 11.1 Å². The van der Waals surface area contributed by atoms with Crippen LogP contribution in [0, 0.1) is 0 Å². The number of nitrogens with one attached hydrogen (secondary N) is 1. The zero-order valence-electron chi connectivity index (χ0n) is 10.9. The summed E-state index contributed by atoms with van der Waals surface area (Å²) in [5.41, 5.74) is 5.00. The quantitative estimate of drug-likeness (QED) is 0.911. The van der Waals surface area contributed by atoms with Gasteiger partial charge >= 0.3 is 6.18 Å². The lowest BCUT2D eigenvalue weighted by Gasteiger charge is -2.15. The highest BCUT2D eigenvalue weighted by Crippen LogP contribution is 2.31. The van der Waals surface area contributed by atoms with Gasteiger partial charge in [-0.25, -0.2) is 0 Å². The summed E-state index contributed by atoms with van der Waals surface area (Å²) in [6, 6.07) is 7.72. The lowest BCUT2D eigenvalue weighted by molar-refractivity contribution is -0.138. The highest BCUT2D eigenvalue weighted by Gasteiger charge is 2.32. The van der Waals surface area contributed by atoms with Crippen molar-refractivity contribution in [3.63, 3.8) is 0 Å². The number of thiophene rings is 1. The van der Waals surface area contributed by atoms with E-state index in [2.05, 4.69) is 5.32 Å². The minimum atomic E-state index is -4.45. The van der Waals surface area contributed by atoms with Gasteiger partial charge in [0.2, 0.25) is 5.91 Å². The van der Waals surface area contributed by atoms with Crippen molar-refractivity contribution in [3.05, 3.63) is 57.8 Å². The van der Waals surface area contributed by atoms with E-state index in [9.17, 15) is 18.0 Å². The van der Waals surface area contributed by atoms with Gasteiger partial charge in [-0.15, -0.1) is 11.3 Å². The van der Waals surface area contributed by atoms with Crippen LogP contribution >= 0.6 is 11.3 Å². The van der Waals surface area contributed by atoms with E-state index in [1.807, 2.05) is 0 Å². The Hall–Kier alpha value is -1.86. The van der Waals surface area contributed by atoms with Crippen molar-refractivity contribution in [3.8, 4) is 0 Å². The summed E-state index contributed by atoms with van der Waals surface area (Å²) in [7, 11) is 0. The number of hydrogen-bond donors (Lipinski definition) is 2. The number of nitrogens with two attached hydrogens (primary N) is 1. The Labute approximate surface area is 123 Å². The molecule has 21 heavy (non-hydrogen) atoms. The van der Waals surface area contributed by atoms with Gasteiger partial charge in [0.05, 0.1) is 5.56 Å². The smallest absolute Gasteiger partial charge is 0.350 e. The maximum atomic E-state index is 12.8. The molecule has 3 nitrogen and oxygen atoms in total. The Morgan fingerprint density at radius 2 is 1.95 bits per heavy atom. The lowest BCUT2D eigenvalue weighted by atomic mass is 10.1. The second-order valence-corrected chi connectivity index (χ2v) is 5.35. The number of amides is 1. The first kappa shape index (κ1) is 15.5. The Bertz CT molecular complexity index is 611. The van der Waals surface area contributed by atoms with Crippen molar-refractivity contribution < 1.29 is 18.0 Å². The largest absolute Gasteiger partial charge is 0.416 e. The van der Waals surface area contributed by atoms with Crippen LogP contribution in [0.15, 0.2) is 41.8 Å². The molecule has 1 aromatic carbocycles. The summed E-state index contributed by atoms with van der Waals surface area (Å²) in [6.07, 6.45) is -4.45. The molecule has 1 unspecified atom stereocenters. The highest BCUT2D eigenvalue weighted by atomic mass is 32.1. The maximum absolute atomic E-state index is 12.8. The molecule has 0 saturated carbocycles. The number of carbonyl (C=O) groups excluding carboxylic acids is 1. The molecule has 112 valence electrons. The number of alkyl halides is 3. The van der Waals surface area contributed by atoms with Gasteiger partial charge in [-0.05, 0) is 23.1 Å². The average Bonchev–Trinajstić information content (AvgIpc) is 2.97. The molecule has 1 atom stereocenters. The summed E-state index contributed by atoms with van der Waals surface area (Å²) >= 11 is 1.32. The molecule has 0 spiro atoms. The standard InChI is InChI=1S/C14H13F3N2OS/c15-14(16,17)10-5-2-1-4-9(10)8-19-13(20)12(18)11-6-3-7-21-11/h1-7,12H,8,18H2,(H,19,20). The zero-order chi connectivity index (χ0) is 15.5. The monoisotopic (exact) mass is 314 g/mol. The van der Waals surface area contributed by atoms with E-state index in [0.29, 0.717) is 4.88 Å². The van der Waals surface area contributed by atoms with Crippen molar-refractivity contribution in [2.24, 2.45) is 5.73 Å². The van der Waals surface area contributed by atoms with Gasteiger partial charge < -0.3 is 11.1 Å². The Morgan fingerprint density at radius 1 is 1.24 bits per heavy atom. The average molecular weight is 314 g/mol. The third-order valence-electron chi connectivity index (χ3n) is 2.91. The molecule has 3 N–H and O–H groups in total. The van der Waals surface area contributed by atoms with Crippen LogP contribution in [0.4, 0.5) is 13.2 Å². The lowest BCUT2D eigenvalue weighted by Crippen LogP contribution is -2.33. The topological polar surface area (TPSA) is 55.1 Å². The molecule has 0 aliphatic rings. The van der Waals surface area contributed by atoms with Gasteiger partial charge in [-0.3, -0.25) is 4.79 Å². The molecule has 0 saturated heterocycles. The van der Waals surface area contributed by atoms with Crippen molar-refractivity contribution in [1.29, 1.82) is 0 Å². The SMILES string of the molecule is NC(C(=O)NCc1ccccc1C(F)(F)F)c1cccs1. The van der Waals surface area contributed by atoms with E-state index in [0.717, 1.165) is 6.07 Å². The number of benzene rings is 1. The van der Waals surface area contributed by atoms with Crippen LogP contribution in [0.2, 0.25) is 0 Å². The molecular weight excluding hydrogens is 301 g/mol. The van der Waals surface area contributed by atoms with Crippen LogP contribution in [0.5, 0.6) is 0 Å². The molecule has 0 bridgehead atoms. The summed E-state index contributed by atoms with van der Waals surface area (Å²) < 4.78 is 38.5. The molecule has 1 aromatic heterocycles. The molecular formula is C14H13F3N2OS. The van der Waals surface area contributed by atoms with Crippen molar-refractivity contribution in [2.75, 3.05) is 0 Å². The van der Waals surface area contributed by atoms with Crippen molar-refractivity contribution in [2.45, 2.75) is 18.8 Å². The third-order valence-corrected chi connectivity index (χ3v) is 3.86. The first-order valence-corrected chi connectivity index (χ1v) is 6.99. The summed E-state index contributed by atoms with van der Waals surface area (Å²) in [5.74, 6) is -0.505. The van der Waals surface area contributed by atoms with Crippen LogP contribution in [-0.4, -0.2) is 5.91 Å². The summed E-state index contributed by atoms with van der Waals surface area (Å²) in [5, 5.41) is 4.22. The first-order chi connectivity index (χ1) is 9.89. The Morgan fingerprint density at radius 3 is 2.57 bits per heavy atom. The van der Waals surface area contributed by atoms with E-state index in [1.54, 1.807) is 17.5 Å². The van der Waals surface area contributed by atoms with Gasteiger partial charge in [0.25, 0.3) is 0 Å². The maximum Gasteiger partial charge on any atom is 0.416 e. The van der Waals surface area contributed by atoms with E-state index < -0.39 is 23.7 Å². The van der Waals surface area contributed by atoms with Crippen LogP contribution in [0.25, 0.3) is 0 Å². The minimum absolute atomic E-state index is 0.0109. The number of hydrogen-bond acceptors (Lipinski definition) is 3. The molecule has 2 aromatic rings. The second kappa shape index (κ2) is 6.28. The fourth-order valence-electron chi connectivity index (χ4n) is 1.84. The molecule has 0 aliphatic heterocycles. The molecule has 0 fully saturated rings. The van der Waals surface area contributed by atoms with Gasteiger partial charge in [0, 0.05) is 11.4 Å². The van der Waals surface area contributed by atoms with E-state index in [-0.39, 0.29) is 12.1 Å². The molecule has 7 heteroatoms. The van der Waals surface area contributed by atoms with Crippen molar-refractivity contribution >= 4 is 17.2 Å². The van der Waals surface area contributed by atoms with Gasteiger partial charge in [-0.1, -0.05) is 24.3 Å². The number of halogens is 3.